The Kier molecular flexibility index (Phi) is 11.4. The molecule has 244 valence electrons. The van der Waals surface area contributed by atoms with E-state index < -0.39 is 11.9 Å². The highest BCUT2D eigenvalue weighted by Gasteiger charge is 2.35. The van der Waals surface area contributed by atoms with Gasteiger partial charge in [0.2, 0.25) is 17.7 Å². The van der Waals surface area contributed by atoms with E-state index in [2.05, 4.69) is 12.2 Å². The molecular weight excluding hydrogens is 574 g/mol. The predicted molar refractivity (Wildman–Crippen MR) is 172 cm³/mol. The van der Waals surface area contributed by atoms with E-state index in [0.29, 0.717) is 48.2 Å². The van der Waals surface area contributed by atoms with Gasteiger partial charge in [-0.05, 0) is 87.5 Å². The lowest BCUT2D eigenvalue weighted by molar-refractivity contribution is -0.135. The summed E-state index contributed by atoms with van der Waals surface area (Å²) in [6.07, 6.45) is 4.31. The van der Waals surface area contributed by atoms with Gasteiger partial charge in [-0.3, -0.25) is 19.2 Å². The van der Waals surface area contributed by atoms with Crippen molar-refractivity contribution in [2.75, 3.05) is 59.8 Å². The van der Waals surface area contributed by atoms with E-state index in [1.54, 1.807) is 31.3 Å². The second-order valence-corrected chi connectivity index (χ2v) is 12.5. The summed E-state index contributed by atoms with van der Waals surface area (Å²) in [7, 11) is 6.91. The number of amides is 4. The van der Waals surface area contributed by atoms with E-state index in [-0.39, 0.29) is 43.1 Å². The monoisotopic (exact) mass is 621 g/mol. The van der Waals surface area contributed by atoms with Gasteiger partial charge < -0.3 is 35.2 Å². The van der Waals surface area contributed by atoms with Gasteiger partial charge in [0, 0.05) is 49.3 Å². The summed E-state index contributed by atoms with van der Waals surface area (Å²) in [5, 5.41) is 3.04. The molecule has 2 aromatic rings. The molecule has 45 heavy (non-hydrogen) atoms. The zero-order valence-electron chi connectivity index (χ0n) is 27.1. The van der Waals surface area contributed by atoms with Crippen molar-refractivity contribution in [2.45, 2.75) is 51.5 Å². The number of primary amides is 1. The number of nitrogens with zero attached hydrogens (tertiary/aromatic N) is 3. The van der Waals surface area contributed by atoms with Crippen molar-refractivity contribution in [3.63, 3.8) is 0 Å². The molecule has 0 saturated heterocycles. The first kappa shape index (κ1) is 33.8. The van der Waals surface area contributed by atoms with E-state index >= 15 is 0 Å². The van der Waals surface area contributed by atoms with Gasteiger partial charge in [-0.2, -0.15) is 0 Å². The van der Waals surface area contributed by atoms with Gasteiger partial charge >= 0.3 is 0 Å². The van der Waals surface area contributed by atoms with Crippen molar-refractivity contribution in [1.82, 2.24) is 14.7 Å². The summed E-state index contributed by atoms with van der Waals surface area (Å²) in [4.78, 5) is 57.4. The van der Waals surface area contributed by atoms with Crippen LogP contribution in [0.5, 0.6) is 11.5 Å². The average molecular weight is 622 g/mol. The molecule has 4 amide bonds. The Morgan fingerprint density at radius 3 is 2.24 bits per heavy atom. The van der Waals surface area contributed by atoms with Crippen LogP contribution in [0.1, 0.15) is 66.6 Å². The first-order valence-electron chi connectivity index (χ1n) is 15.7. The number of likely N-dealkylation sites (N-methyl/N-ethyl adjacent to an activating group) is 1. The molecule has 11 heteroatoms. The molecule has 0 bridgehead atoms. The third-order valence-corrected chi connectivity index (χ3v) is 8.89. The SMILES string of the molecule is COc1cc(OC)cc(C2Cc3ccc(NC(=O)C4CCC(C)CC4)cc3C(=O)N2CCC(=O)N(CCN(C)C)CC(N)=O)c1. The third kappa shape index (κ3) is 8.75. The zero-order valence-corrected chi connectivity index (χ0v) is 27.1. The van der Waals surface area contributed by atoms with Crippen molar-refractivity contribution in [1.29, 1.82) is 0 Å². The number of ether oxygens (including phenoxy) is 2. The maximum atomic E-state index is 14.2. The maximum absolute atomic E-state index is 14.2. The van der Waals surface area contributed by atoms with Gasteiger partial charge in [0.25, 0.3) is 5.91 Å². The van der Waals surface area contributed by atoms with Gasteiger partial charge in [-0.15, -0.1) is 0 Å². The Morgan fingerprint density at radius 2 is 1.64 bits per heavy atom. The number of hydrogen-bond donors (Lipinski definition) is 2. The number of rotatable bonds is 13. The molecule has 0 aromatic heterocycles. The first-order valence-corrected chi connectivity index (χ1v) is 15.7. The number of fused-ring (bicyclic) bond motifs is 1. The van der Waals surface area contributed by atoms with Crippen LogP contribution in [0, 0.1) is 11.8 Å². The molecule has 1 heterocycles. The van der Waals surface area contributed by atoms with E-state index in [1.807, 2.05) is 43.3 Å². The molecule has 2 aromatic carbocycles. The molecule has 4 rings (SSSR count). The minimum absolute atomic E-state index is 0.00984. The summed E-state index contributed by atoms with van der Waals surface area (Å²) in [6.45, 7) is 3.05. The summed E-state index contributed by atoms with van der Waals surface area (Å²) in [6, 6.07) is 10.6. The van der Waals surface area contributed by atoms with Crippen LogP contribution in [0.2, 0.25) is 0 Å². The molecule has 1 fully saturated rings. The number of anilines is 1. The standard InChI is InChI=1S/C34H47N5O6/c1-22-6-8-23(9-7-22)33(42)36-26-11-10-24-18-30(25-16-27(44-4)20-28(17-25)45-5)39(34(43)29(24)19-26)13-12-32(41)38(21-31(35)40)15-14-37(2)3/h10-11,16-17,19-20,22-23,30H,6-9,12-15,18,21H2,1-5H3,(H2,35,40)(H,36,42). The Balaban J connectivity index is 1.61. The largest absolute Gasteiger partial charge is 0.497 e. The molecule has 0 spiro atoms. The number of benzene rings is 2. The molecular formula is C34H47N5O6. The molecule has 1 aliphatic carbocycles. The lowest BCUT2D eigenvalue weighted by atomic mass is 9.82. The van der Waals surface area contributed by atoms with Crippen LogP contribution in [0.3, 0.4) is 0 Å². The van der Waals surface area contributed by atoms with Crippen LogP contribution < -0.4 is 20.5 Å². The molecule has 3 N–H and O–H groups in total. The van der Waals surface area contributed by atoms with Gasteiger partial charge in [0.1, 0.15) is 11.5 Å². The molecule has 1 saturated carbocycles. The average Bonchev–Trinajstić information content (AvgIpc) is 3.02. The van der Waals surface area contributed by atoms with Crippen molar-refractivity contribution in [2.24, 2.45) is 17.6 Å². The van der Waals surface area contributed by atoms with Gasteiger partial charge in [-0.25, -0.2) is 0 Å². The molecule has 1 aliphatic heterocycles. The summed E-state index contributed by atoms with van der Waals surface area (Å²) in [5.74, 6) is 0.674. The highest BCUT2D eigenvalue weighted by Crippen LogP contribution is 2.38. The van der Waals surface area contributed by atoms with Gasteiger partial charge in [0.05, 0.1) is 26.8 Å². The molecule has 2 aliphatic rings. The van der Waals surface area contributed by atoms with Crippen LogP contribution in [-0.2, 0) is 20.8 Å². The lowest BCUT2D eigenvalue weighted by Crippen LogP contribution is -2.45. The minimum Gasteiger partial charge on any atom is -0.497 e. The molecule has 1 atom stereocenters. The number of carbonyl (C=O) groups excluding carboxylic acids is 4. The van der Waals surface area contributed by atoms with Crippen molar-refractivity contribution < 1.29 is 28.7 Å². The number of nitrogens with two attached hydrogens (primary N) is 1. The number of nitrogens with one attached hydrogen (secondary N) is 1. The van der Waals surface area contributed by atoms with Gasteiger partial charge in [-0.1, -0.05) is 13.0 Å². The summed E-state index contributed by atoms with van der Waals surface area (Å²) in [5.41, 5.74) is 8.17. The fourth-order valence-corrected chi connectivity index (χ4v) is 6.16. The maximum Gasteiger partial charge on any atom is 0.254 e. The fourth-order valence-electron chi connectivity index (χ4n) is 6.16. The van der Waals surface area contributed by atoms with E-state index in [9.17, 15) is 19.2 Å². The summed E-state index contributed by atoms with van der Waals surface area (Å²) < 4.78 is 11.0. The highest BCUT2D eigenvalue weighted by molar-refractivity contribution is 6.00. The normalized spacial score (nSPS) is 19.6. The van der Waals surface area contributed by atoms with Crippen LogP contribution in [0.15, 0.2) is 36.4 Å². The number of hydrogen-bond acceptors (Lipinski definition) is 7. The van der Waals surface area contributed by atoms with Crippen molar-refractivity contribution in [3.05, 3.63) is 53.1 Å². The lowest BCUT2D eigenvalue weighted by Gasteiger charge is -2.38. The second kappa shape index (κ2) is 15.2. The summed E-state index contributed by atoms with van der Waals surface area (Å²) >= 11 is 0. The Morgan fingerprint density at radius 1 is 0.978 bits per heavy atom. The molecule has 11 nitrogen and oxygen atoms in total. The van der Waals surface area contributed by atoms with E-state index in [4.69, 9.17) is 15.2 Å². The van der Waals surface area contributed by atoms with Crippen LogP contribution >= 0.6 is 0 Å². The third-order valence-electron chi connectivity index (χ3n) is 8.89. The zero-order chi connectivity index (χ0) is 32.7. The smallest absolute Gasteiger partial charge is 0.254 e. The predicted octanol–water partition coefficient (Wildman–Crippen LogP) is 3.47. The van der Waals surface area contributed by atoms with Gasteiger partial charge in [0.15, 0.2) is 0 Å². The Labute approximate surface area is 266 Å². The van der Waals surface area contributed by atoms with Crippen LogP contribution in [-0.4, -0.2) is 92.8 Å². The quantitative estimate of drug-likeness (QED) is 0.350. The molecule has 1 unspecified atom stereocenters. The van der Waals surface area contributed by atoms with Crippen LogP contribution in [0.25, 0.3) is 0 Å². The first-order chi connectivity index (χ1) is 21.5. The van der Waals surface area contributed by atoms with Crippen molar-refractivity contribution >= 4 is 29.3 Å². The molecule has 0 radical (unpaired) electrons. The number of methoxy groups -OCH3 is 2. The van der Waals surface area contributed by atoms with E-state index in [0.717, 1.165) is 36.8 Å². The highest BCUT2D eigenvalue weighted by atomic mass is 16.5. The van der Waals surface area contributed by atoms with Crippen LogP contribution in [0.4, 0.5) is 5.69 Å². The van der Waals surface area contributed by atoms with E-state index in [1.165, 1.54) is 4.90 Å². The Bertz CT molecular complexity index is 1360. The second-order valence-electron chi connectivity index (χ2n) is 12.5. The minimum atomic E-state index is -0.594. The van der Waals surface area contributed by atoms with Crippen molar-refractivity contribution in [3.8, 4) is 11.5 Å². The topological polar surface area (TPSA) is 135 Å². The fraction of sp³-hybridized carbons (Fsp3) is 0.529. The number of carbonyl (C=O) groups is 4. The Hall–Kier alpha value is -4.12.